The number of para-hydroxylation sites is 1. The van der Waals surface area contributed by atoms with Gasteiger partial charge in [0.1, 0.15) is 30.1 Å². The molecule has 2 rings (SSSR count). The minimum Gasteiger partial charge on any atom is -0.487 e. The number of ether oxygens (including phenoxy) is 1. The van der Waals surface area contributed by atoms with Crippen molar-refractivity contribution < 1.29 is 4.74 Å². The number of nitriles is 2. The van der Waals surface area contributed by atoms with Gasteiger partial charge in [0.2, 0.25) is 0 Å². The molecule has 2 aromatic carbocycles. The number of hydrogen-bond acceptors (Lipinski definition) is 3. The topological polar surface area (TPSA) is 56.8 Å². The van der Waals surface area contributed by atoms with Gasteiger partial charge in [0.05, 0.1) is 5.02 Å². The predicted octanol–water partition coefficient (Wildman–Crippen LogP) is 4.97. The summed E-state index contributed by atoms with van der Waals surface area (Å²) in [6.45, 7) is 4.28. The highest BCUT2D eigenvalue weighted by atomic mass is 35.5. The van der Waals surface area contributed by atoms with E-state index in [0.717, 1.165) is 22.3 Å². The van der Waals surface area contributed by atoms with Crippen LogP contribution in [0.5, 0.6) is 5.75 Å². The lowest BCUT2D eigenvalue weighted by atomic mass is 9.98. The van der Waals surface area contributed by atoms with E-state index in [9.17, 15) is 0 Å². The fraction of sp³-hybridized carbons (Fsp3) is 0.158. The van der Waals surface area contributed by atoms with Crippen LogP contribution in [0.15, 0.2) is 42.0 Å². The molecule has 0 fully saturated rings. The van der Waals surface area contributed by atoms with Gasteiger partial charge in [-0.15, -0.1) is 0 Å². The monoisotopic (exact) mass is 322 g/mol. The lowest BCUT2D eigenvalue weighted by Crippen LogP contribution is -2.01. The van der Waals surface area contributed by atoms with Crippen molar-refractivity contribution in [3.05, 3.63) is 69.2 Å². The summed E-state index contributed by atoms with van der Waals surface area (Å²) in [5, 5.41) is 18.4. The molecule has 0 aliphatic heterocycles. The molecule has 114 valence electrons. The number of aryl methyl sites for hydroxylation is 1. The minimum atomic E-state index is 0.0803. The molecule has 3 nitrogen and oxygen atoms in total. The van der Waals surface area contributed by atoms with Crippen LogP contribution in [-0.2, 0) is 6.61 Å². The molecule has 0 aromatic heterocycles. The van der Waals surface area contributed by atoms with Crippen LogP contribution in [-0.4, -0.2) is 0 Å². The molecule has 0 bridgehead atoms. The largest absolute Gasteiger partial charge is 0.487 e. The van der Waals surface area contributed by atoms with E-state index < -0.39 is 0 Å². The van der Waals surface area contributed by atoms with Crippen molar-refractivity contribution in [1.82, 2.24) is 0 Å². The lowest BCUT2D eigenvalue weighted by Gasteiger charge is -2.13. The van der Waals surface area contributed by atoms with Gasteiger partial charge in [-0.1, -0.05) is 41.4 Å². The zero-order valence-corrected chi connectivity index (χ0v) is 13.7. The number of hydrogen-bond donors (Lipinski definition) is 0. The number of benzene rings is 2. The molecule has 0 saturated heterocycles. The molecule has 0 spiro atoms. The van der Waals surface area contributed by atoms with Crippen LogP contribution in [0, 0.1) is 36.5 Å². The smallest absolute Gasteiger partial charge is 0.138 e. The molecule has 4 heteroatoms. The maximum Gasteiger partial charge on any atom is 0.138 e. The first-order chi connectivity index (χ1) is 11.0. The van der Waals surface area contributed by atoms with Gasteiger partial charge >= 0.3 is 0 Å². The van der Waals surface area contributed by atoms with Gasteiger partial charge in [-0.2, -0.15) is 10.5 Å². The zero-order chi connectivity index (χ0) is 16.8. The van der Waals surface area contributed by atoms with Crippen LogP contribution in [0.4, 0.5) is 0 Å². The van der Waals surface area contributed by atoms with Gasteiger partial charge in [-0.05, 0) is 48.7 Å². The molecule has 0 aliphatic rings. The first kappa shape index (κ1) is 16.6. The Balaban J connectivity index is 2.32. The second-order valence-electron chi connectivity index (χ2n) is 5.14. The van der Waals surface area contributed by atoms with Crippen LogP contribution >= 0.6 is 11.6 Å². The predicted molar refractivity (Wildman–Crippen MR) is 90.9 cm³/mol. The molecule has 0 atom stereocenters. The Morgan fingerprint density at radius 2 is 1.87 bits per heavy atom. The molecule has 0 aliphatic carbocycles. The second kappa shape index (κ2) is 7.49. The van der Waals surface area contributed by atoms with Gasteiger partial charge < -0.3 is 4.74 Å². The summed E-state index contributed by atoms with van der Waals surface area (Å²) < 4.78 is 5.79. The van der Waals surface area contributed by atoms with Crippen LogP contribution < -0.4 is 4.74 Å². The third kappa shape index (κ3) is 4.13. The van der Waals surface area contributed by atoms with Crippen LogP contribution in [0.25, 0.3) is 6.08 Å². The SMILES string of the molecule is Cc1cc(C=C(C#N)C#N)c(C)c(COc2ccccc2Cl)c1. The minimum absolute atomic E-state index is 0.0803. The average Bonchev–Trinajstić information content (AvgIpc) is 2.55. The maximum absolute atomic E-state index is 8.92. The highest BCUT2D eigenvalue weighted by Gasteiger charge is 2.08. The molecule has 2 aromatic rings. The summed E-state index contributed by atoms with van der Waals surface area (Å²) in [5.74, 6) is 0.627. The van der Waals surface area contributed by atoms with E-state index in [0.29, 0.717) is 17.4 Å². The van der Waals surface area contributed by atoms with E-state index >= 15 is 0 Å². The first-order valence-corrected chi connectivity index (χ1v) is 7.42. The van der Waals surface area contributed by atoms with E-state index in [1.54, 1.807) is 12.1 Å². The third-order valence-electron chi connectivity index (χ3n) is 3.46. The zero-order valence-electron chi connectivity index (χ0n) is 12.9. The third-order valence-corrected chi connectivity index (χ3v) is 3.77. The summed E-state index contributed by atoms with van der Waals surface area (Å²) in [7, 11) is 0. The molecule has 23 heavy (non-hydrogen) atoms. The van der Waals surface area contributed by atoms with Crippen molar-refractivity contribution in [3.63, 3.8) is 0 Å². The molecular weight excluding hydrogens is 308 g/mol. The summed E-state index contributed by atoms with van der Waals surface area (Å²) in [6, 6.07) is 15.1. The molecule has 0 N–H and O–H groups in total. The Bertz CT molecular complexity index is 825. The number of halogens is 1. The quantitative estimate of drug-likeness (QED) is 0.747. The van der Waals surface area contributed by atoms with E-state index in [1.807, 2.05) is 56.3 Å². The summed E-state index contributed by atoms with van der Waals surface area (Å²) in [6.07, 6.45) is 1.60. The number of allylic oxidation sites excluding steroid dienone is 1. The molecule has 0 saturated carbocycles. The van der Waals surface area contributed by atoms with Crippen molar-refractivity contribution in [2.24, 2.45) is 0 Å². The Kier molecular flexibility index (Phi) is 5.41. The highest BCUT2D eigenvalue weighted by Crippen LogP contribution is 2.26. The highest BCUT2D eigenvalue weighted by molar-refractivity contribution is 6.32. The molecule has 0 amide bonds. The molecule has 0 heterocycles. The number of rotatable bonds is 4. The van der Waals surface area contributed by atoms with Gasteiger partial charge in [-0.25, -0.2) is 0 Å². The Morgan fingerprint density at radius 1 is 1.17 bits per heavy atom. The Hall–Kier alpha value is -2.75. The lowest BCUT2D eigenvalue weighted by molar-refractivity contribution is 0.305. The summed E-state index contributed by atoms with van der Waals surface area (Å²) in [5.41, 5.74) is 3.93. The van der Waals surface area contributed by atoms with E-state index in [4.69, 9.17) is 26.9 Å². The van der Waals surface area contributed by atoms with E-state index in [-0.39, 0.29) is 5.57 Å². The van der Waals surface area contributed by atoms with Gasteiger partial charge in [0, 0.05) is 0 Å². The van der Waals surface area contributed by atoms with Gasteiger partial charge in [-0.3, -0.25) is 0 Å². The van der Waals surface area contributed by atoms with E-state index in [1.165, 1.54) is 0 Å². The first-order valence-electron chi connectivity index (χ1n) is 7.04. The van der Waals surface area contributed by atoms with E-state index in [2.05, 4.69) is 0 Å². The fourth-order valence-electron chi connectivity index (χ4n) is 2.23. The second-order valence-corrected chi connectivity index (χ2v) is 5.55. The summed E-state index contributed by atoms with van der Waals surface area (Å²) in [4.78, 5) is 0. The van der Waals surface area contributed by atoms with Gasteiger partial charge in [0.15, 0.2) is 0 Å². The van der Waals surface area contributed by atoms with Crippen LogP contribution in [0.1, 0.15) is 22.3 Å². The van der Waals surface area contributed by atoms with Crippen LogP contribution in [0.2, 0.25) is 5.02 Å². The summed E-state index contributed by atoms with van der Waals surface area (Å²) >= 11 is 6.09. The molecule has 0 radical (unpaired) electrons. The van der Waals surface area contributed by atoms with Gasteiger partial charge in [0.25, 0.3) is 0 Å². The fourth-order valence-corrected chi connectivity index (χ4v) is 2.42. The van der Waals surface area contributed by atoms with Crippen molar-refractivity contribution in [3.8, 4) is 17.9 Å². The van der Waals surface area contributed by atoms with Crippen molar-refractivity contribution >= 4 is 17.7 Å². The van der Waals surface area contributed by atoms with Crippen molar-refractivity contribution in [2.75, 3.05) is 0 Å². The number of nitrogens with zero attached hydrogens (tertiary/aromatic N) is 2. The normalized spacial score (nSPS) is 9.61. The van der Waals surface area contributed by atoms with Crippen molar-refractivity contribution in [1.29, 1.82) is 10.5 Å². The molecular formula is C19H15ClN2O. The Labute approximate surface area is 141 Å². The standard InChI is InChI=1S/C19H15ClN2O/c1-13-7-16(9-15(10-21)11-22)14(2)17(8-13)12-23-19-6-4-3-5-18(19)20/h3-9H,12H2,1-2H3. The molecule has 0 unspecified atom stereocenters. The van der Waals surface area contributed by atoms with Crippen molar-refractivity contribution in [2.45, 2.75) is 20.5 Å². The average molecular weight is 323 g/mol. The Morgan fingerprint density at radius 3 is 2.52 bits per heavy atom. The van der Waals surface area contributed by atoms with Crippen LogP contribution in [0.3, 0.4) is 0 Å². The maximum atomic E-state index is 8.92.